The minimum Gasteiger partial charge on any atom is -0.383 e. The van der Waals surface area contributed by atoms with Gasteiger partial charge in [-0.05, 0) is 13.0 Å². The number of nitrogen functional groups attached to an aromatic ring is 1. The summed E-state index contributed by atoms with van der Waals surface area (Å²) in [4.78, 5) is 2.53. The van der Waals surface area contributed by atoms with E-state index in [2.05, 4.69) is 4.98 Å². The van der Waals surface area contributed by atoms with E-state index in [4.69, 9.17) is 27.1 Å². The van der Waals surface area contributed by atoms with Gasteiger partial charge in [-0.25, -0.2) is 21.8 Å². The molecule has 6 nitrogen and oxygen atoms in total. The molecule has 0 unspecified atom stereocenters. The lowest BCUT2D eigenvalue weighted by atomic mass is 10.4. The monoisotopic (exact) mass is 304 g/mol. The molecule has 90 valence electrons. The minimum absolute atomic E-state index is 0.00318. The third-order valence-electron chi connectivity index (χ3n) is 1.68. The van der Waals surface area contributed by atoms with Crippen LogP contribution in [0.25, 0.3) is 0 Å². The van der Waals surface area contributed by atoms with Crippen molar-refractivity contribution in [3.63, 3.8) is 0 Å². The number of rotatable bonds is 2. The maximum Gasteiger partial charge on any atom is 0.265 e. The lowest BCUT2D eigenvalue weighted by molar-refractivity contribution is 0.606. The summed E-state index contributed by atoms with van der Waals surface area (Å²) in [5.74, 6) is -0.378. The summed E-state index contributed by atoms with van der Waals surface area (Å²) in [5, 5.41) is 0. The molecular formula is C6H6Cl2N2O4S2. The van der Waals surface area contributed by atoms with Gasteiger partial charge in [0, 0.05) is 21.4 Å². The predicted octanol–water partition coefficient (Wildman–Crippen LogP) is 0.827. The van der Waals surface area contributed by atoms with Crippen molar-refractivity contribution < 1.29 is 16.8 Å². The molecule has 0 spiro atoms. The minimum atomic E-state index is -4.17. The smallest absolute Gasteiger partial charge is 0.265 e. The molecule has 0 aliphatic carbocycles. The zero-order valence-corrected chi connectivity index (χ0v) is 11.0. The van der Waals surface area contributed by atoms with Crippen LogP contribution >= 0.6 is 21.4 Å². The van der Waals surface area contributed by atoms with Crippen molar-refractivity contribution in [2.75, 3.05) is 5.73 Å². The molecule has 0 aromatic carbocycles. The maximum absolute atomic E-state index is 11.1. The van der Waals surface area contributed by atoms with Gasteiger partial charge in [-0.2, -0.15) is 0 Å². The van der Waals surface area contributed by atoms with Crippen molar-refractivity contribution in [3.8, 4) is 0 Å². The fourth-order valence-electron chi connectivity index (χ4n) is 1.03. The highest BCUT2D eigenvalue weighted by molar-refractivity contribution is 8.14. The van der Waals surface area contributed by atoms with Gasteiger partial charge in [0.05, 0.1) is 5.69 Å². The normalized spacial score (nSPS) is 12.7. The highest BCUT2D eigenvalue weighted by Crippen LogP contribution is 2.27. The number of nitrogens with zero attached hydrogens (tertiary/aromatic N) is 1. The lowest BCUT2D eigenvalue weighted by Crippen LogP contribution is -2.06. The molecule has 0 amide bonds. The van der Waals surface area contributed by atoms with E-state index in [0.29, 0.717) is 0 Å². The fourth-order valence-corrected chi connectivity index (χ4v) is 3.16. The Hall–Kier alpha value is -0.570. The number of nitrogens with two attached hydrogens (primary N) is 1. The van der Waals surface area contributed by atoms with Crippen LogP contribution in [0, 0.1) is 6.92 Å². The van der Waals surface area contributed by atoms with E-state index in [1.165, 1.54) is 6.92 Å². The predicted molar refractivity (Wildman–Crippen MR) is 59.5 cm³/mol. The molecule has 1 aromatic rings. The maximum atomic E-state index is 11.1. The van der Waals surface area contributed by atoms with Crippen molar-refractivity contribution in [2.24, 2.45) is 0 Å². The van der Waals surface area contributed by atoms with Gasteiger partial charge in [0.2, 0.25) is 0 Å². The molecule has 0 aliphatic heterocycles. The second-order valence-corrected chi connectivity index (χ2v) is 7.90. The summed E-state index contributed by atoms with van der Waals surface area (Å²) >= 11 is 0. The van der Waals surface area contributed by atoms with Crippen molar-refractivity contribution in [1.29, 1.82) is 0 Å². The second-order valence-electron chi connectivity index (χ2n) is 2.83. The van der Waals surface area contributed by atoms with E-state index in [-0.39, 0.29) is 11.5 Å². The van der Waals surface area contributed by atoms with E-state index in [1.807, 2.05) is 0 Å². The molecule has 2 N–H and O–H groups in total. The number of halogens is 2. The fraction of sp³-hybridized carbons (Fsp3) is 0.167. The first-order chi connectivity index (χ1) is 7.03. The molecule has 1 rings (SSSR count). The van der Waals surface area contributed by atoms with E-state index >= 15 is 0 Å². The van der Waals surface area contributed by atoms with Crippen molar-refractivity contribution in [2.45, 2.75) is 16.7 Å². The molecule has 0 saturated carbocycles. The van der Waals surface area contributed by atoms with Gasteiger partial charge in [-0.15, -0.1) is 0 Å². The molecule has 0 atom stereocenters. The molecule has 0 saturated heterocycles. The zero-order valence-electron chi connectivity index (χ0n) is 7.81. The molecule has 1 heterocycles. The summed E-state index contributed by atoms with van der Waals surface area (Å²) in [5.41, 5.74) is 5.30. The molecule has 0 aliphatic rings. The SMILES string of the molecule is Cc1nc(N)c(S(=O)(=O)Cl)cc1S(=O)(=O)Cl. The van der Waals surface area contributed by atoms with Crippen LogP contribution in [-0.4, -0.2) is 21.8 Å². The van der Waals surface area contributed by atoms with Gasteiger partial charge in [-0.1, -0.05) is 0 Å². The standard InChI is InChI=1S/C6H6Cl2N2O4S2/c1-3-4(15(7,11)12)2-5(6(9)10-3)16(8,13)14/h2H,1H3,(H2,9,10). The number of aryl methyl sites for hydroxylation is 1. The number of anilines is 1. The van der Waals surface area contributed by atoms with Crippen LogP contribution in [0.4, 0.5) is 5.82 Å². The number of pyridine rings is 1. The van der Waals surface area contributed by atoms with Crippen LogP contribution < -0.4 is 5.73 Å². The van der Waals surface area contributed by atoms with Gasteiger partial charge in [0.25, 0.3) is 18.1 Å². The topological polar surface area (TPSA) is 107 Å². The van der Waals surface area contributed by atoms with Crippen LogP contribution in [0.5, 0.6) is 0 Å². The van der Waals surface area contributed by atoms with Crippen molar-refractivity contribution in [1.82, 2.24) is 4.98 Å². The molecule has 1 aromatic heterocycles. The van der Waals surface area contributed by atoms with Gasteiger partial charge in [0.15, 0.2) is 0 Å². The van der Waals surface area contributed by atoms with E-state index in [1.54, 1.807) is 0 Å². The van der Waals surface area contributed by atoms with Gasteiger partial charge >= 0.3 is 0 Å². The number of hydrogen-bond acceptors (Lipinski definition) is 6. The van der Waals surface area contributed by atoms with Gasteiger partial charge < -0.3 is 5.73 Å². The summed E-state index contributed by atoms with van der Waals surface area (Å²) < 4.78 is 44.3. The molecule has 0 fully saturated rings. The van der Waals surface area contributed by atoms with Crippen molar-refractivity contribution in [3.05, 3.63) is 11.8 Å². The number of aromatic nitrogens is 1. The summed E-state index contributed by atoms with van der Waals surface area (Å²) in [7, 11) is 1.87. The van der Waals surface area contributed by atoms with E-state index in [0.717, 1.165) is 6.07 Å². The second kappa shape index (κ2) is 4.02. The van der Waals surface area contributed by atoms with E-state index < -0.39 is 27.9 Å². The van der Waals surface area contributed by atoms with Gasteiger partial charge in [-0.3, -0.25) is 0 Å². The Morgan fingerprint density at radius 2 is 1.56 bits per heavy atom. The lowest BCUT2D eigenvalue weighted by Gasteiger charge is -2.06. The number of hydrogen-bond donors (Lipinski definition) is 1. The Kier molecular flexibility index (Phi) is 3.39. The molecule has 10 heteroatoms. The highest BCUT2D eigenvalue weighted by atomic mass is 35.7. The Morgan fingerprint density at radius 1 is 1.12 bits per heavy atom. The molecule has 16 heavy (non-hydrogen) atoms. The molecule has 0 radical (unpaired) electrons. The third kappa shape index (κ3) is 2.76. The van der Waals surface area contributed by atoms with Crippen LogP contribution in [0.15, 0.2) is 15.9 Å². The van der Waals surface area contributed by atoms with E-state index in [9.17, 15) is 16.8 Å². The van der Waals surface area contributed by atoms with Crippen LogP contribution in [0.2, 0.25) is 0 Å². The highest BCUT2D eigenvalue weighted by Gasteiger charge is 2.22. The summed E-state index contributed by atoms with van der Waals surface area (Å²) in [6.07, 6.45) is 0. The van der Waals surface area contributed by atoms with Gasteiger partial charge in [0.1, 0.15) is 15.6 Å². The molecular weight excluding hydrogens is 299 g/mol. The molecule has 0 bridgehead atoms. The first-order valence-electron chi connectivity index (χ1n) is 3.70. The Morgan fingerprint density at radius 3 is 1.94 bits per heavy atom. The third-order valence-corrected chi connectivity index (χ3v) is 4.47. The average molecular weight is 305 g/mol. The van der Waals surface area contributed by atoms with Crippen LogP contribution in [-0.2, 0) is 18.1 Å². The largest absolute Gasteiger partial charge is 0.383 e. The summed E-state index contributed by atoms with van der Waals surface area (Å²) in [6, 6.07) is 0.780. The first-order valence-corrected chi connectivity index (χ1v) is 8.32. The van der Waals surface area contributed by atoms with Crippen LogP contribution in [0.3, 0.4) is 0 Å². The van der Waals surface area contributed by atoms with Crippen molar-refractivity contribution >= 4 is 45.3 Å². The quantitative estimate of drug-likeness (QED) is 0.811. The Bertz CT molecular complexity index is 585. The van der Waals surface area contributed by atoms with Crippen LogP contribution in [0.1, 0.15) is 5.69 Å². The Balaban J connectivity index is 3.72. The Labute approximate surface area is 101 Å². The average Bonchev–Trinajstić information content (AvgIpc) is 1.97. The zero-order chi connectivity index (χ0) is 12.7. The first kappa shape index (κ1) is 13.5. The summed E-state index contributed by atoms with van der Waals surface area (Å²) in [6.45, 7) is 1.33.